The average Bonchev–Trinajstić information content (AvgIpc) is 2.79. The molecule has 1 aliphatic rings. The number of carboxylic acids is 1. The number of amides is 2. The predicted molar refractivity (Wildman–Crippen MR) is 117 cm³/mol. The summed E-state index contributed by atoms with van der Waals surface area (Å²) in [6, 6.07) is 18.1. The Morgan fingerprint density at radius 2 is 1.48 bits per heavy atom. The van der Waals surface area contributed by atoms with Gasteiger partial charge in [-0.05, 0) is 47.2 Å². The van der Waals surface area contributed by atoms with Crippen LogP contribution in [0.2, 0.25) is 0 Å². The smallest absolute Gasteiger partial charge is 0.335 e. The van der Waals surface area contributed by atoms with E-state index in [0.29, 0.717) is 5.69 Å². The normalized spacial score (nSPS) is 15.0. The first kappa shape index (κ1) is 20.8. The van der Waals surface area contributed by atoms with Crippen molar-refractivity contribution in [1.29, 1.82) is 0 Å². The summed E-state index contributed by atoms with van der Waals surface area (Å²) >= 11 is 0. The van der Waals surface area contributed by atoms with Crippen LogP contribution in [0.5, 0.6) is 0 Å². The number of carboxylic acid groups (broad SMARTS) is 1. The minimum atomic E-state index is -3.66. The summed E-state index contributed by atoms with van der Waals surface area (Å²) in [6.45, 7) is 0.902. The third-order valence-corrected chi connectivity index (χ3v) is 7.16. The van der Waals surface area contributed by atoms with Crippen LogP contribution in [0.4, 0.5) is 10.5 Å². The van der Waals surface area contributed by atoms with E-state index in [4.69, 9.17) is 5.11 Å². The van der Waals surface area contributed by atoms with Gasteiger partial charge in [0.1, 0.15) is 0 Å². The Balaban J connectivity index is 1.40. The number of rotatable bonds is 4. The predicted octanol–water partition coefficient (Wildman–Crippen LogP) is 3.08. The number of benzene rings is 3. The van der Waals surface area contributed by atoms with E-state index >= 15 is 0 Å². The van der Waals surface area contributed by atoms with Gasteiger partial charge in [0.25, 0.3) is 0 Å². The van der Waals surface area contributed by atoms with Gasteiger partial charge in [-0.3, -0.25) is 0 Å². The molecular weight excluding hydrogens is 418 g/mol. The summed E-state index contributed by atoms with van der Waals surface area (Å²) in [7, 11) is -3.66. The number of nitrogens with one attached hydrogen (secondary N) is 1. The number of aromatic carboxylic acids is 1. The summed E-state index contributed by atoms with van der Waals surface area (Å²) in [5, 5.41) is 13.5. The molecule has 2 amide bonds. The molecule has 0 unspecified atom stereocenters. The highest BCUT2D eigenvalue weighted by Gasteiger charge is 2.30. The van der Waals surface area contributed by atoms with Crippen LogP contribution in [0.1, 0.15) is 10.4 Å². The van der Waals surface area contributed by atoms with E-state index in [1.807, 2.05) is 24.3 Å². The number of fused-ring (bicyclic) bond motifs is 1. The fourth-order valence-electron chi connectivity index (χ4n) is 3.51. The van der Waals surface area contributed by atoms with Crippen LogP contribution >= 0.6 is 0 Å². The molecular formula is C22H21N3O5S. The number of hydrogen-bond donors (Lipinski definition) is 2. The highest BCUT2D eigenvalue weighted by Crippen LogP contribution is 2.23. The Bertz CT molecular complexity index is 1230. The second-order valence-electron chi connectivity index (χ2n) is 7.21. The zero-order chi connectivity index (χ0) is 22.0. The minimum absolute atomic E-state index is 0.130. The van der Waals surface area contributed by atoms with Crippen molar-refractivity contribution >= 4 is 38.5 Å². The van der Waals surface area contributed by atoms with E-state index in [0.717, 1.165) is 10.8 Å². The summed E-state index contributed by atoms with van der Waals surface area (Å²) < 4.78 is 27.5. The summed E-state index contributed by atoms with van der Waals surface area (Å²) in [5.41, 5.74) is 0.603. The van der Waals surface area contributed by atoms with Gasteiger partial charge >= 0.3 is 12.0 Å². The van der Waals surface area contributed by atoms with Crippen LogP contribution in [-0.2, 0) is 10.0 Å². The van der Waals surface area contributed by atoms with Gasteiger partial charge in [0.05, 0.1) is 10.5 Å². The quantitative estimate of drug-likeness (QED) is 0.650. The summed E-state index contributed by atoms with van der Waals surface area (Å²) in [6.07, 6.45) is 0. The van der Waals surface area contributed by atoms with Crippen LogP contribution in [0.3, 0.4) is 0 Å². The molecule has 9 heteroatoms. The molecule has 1 saturated heterocycles. The van der Waals surface area contributed by atoms with Crippen molar-refractivity contribution < 1.29 is 23.1 Å². The fraction of sp³-hybridized carbons (Fsp3) is 0.182. The summed E-state index contributed by atoms with van der Waals surface area (Å²) in [5.74, 6) is -1.04. The van der Waals surface area contributed by atoms with Crippen LogP contribution in [-0.4, -0.2) is 60.9 Å². The lowest BCUT2D eigenvalue weighted by Crippen LogP contribution is -2.51. The van der Waals surface area contributed by atoms with Crippen molar-refractivity contribution in [3.05, 3.63) is 72.3 Å². The monoisotopic (exact) mass is 439 g/mol. The molecule has 0 saturated carbocycles. The molecule has 3 aromatic rings. The number of piperazine rings is 1. The largest absolute Gasteiger partial charge is 0.478 e. The molecule has 1 aliphatic heterocycles. The molecule has 4 rings (SSSR count). The van der Waals surface area contributed by atoms with Crippen molar-refractivity contribution in [3.63, 3.8) is 0 Å². The summed E-state index contributed by atoms with van der Waals surface area (Å²) in [4.78, 5) is 25.2. The average molecular weight is 439 g/mol. The minimum Gasteiger partial charge on any atom is -0.478 e. The highest BCUT2D eigenvalue weighted by molar-refractivity contribution is 7.89. The third kappa shape index (κ3) is 4.37. The number of carbonyl (C=O) groups is 2. The van der Waals surface area contributed by atoms with Crippen molar-refractivity contribution in [2.45, 2.75) is 4.90 Å². The van der Waals surface area contributed by atoms with E-state index < -0.39 is 16.0 Å². The molecule has 31 heavy (non-hydrogen) atoms. The molecule has 0 bridgehead atoms. The number of sulfonamides is 1. The van der Waals surface area contributed by atoms with Gasteiger partial charge in [0, 0.05) is 31.9 Å². The lowest BCUT2D eigenvalue weighted by Gasteiger charge is -2.34. The maximum Gasteiger partial charge on any atom is 0.335 e. The third-order valence-electron chi connectivity index (χ3n) is 5.27. The zero-order valence-electron chi connectivity index (χ0n) is 16.6. The van der Waals surface area contributed by atoms with Crippen molar-refractivity contribution in [2.75, 3.05) is 31.5 Å². The first-order valence-corrected chi connectivity index (χ1v) is 11.2. The van der Waals surface area contributed by atoms with Crippen molar-refractivity contribution in [3.8, 4) is 0 Å². The molecule has 2 N–H and O–H groups in total. The topological polar surface area (TPSA) is 107 Å². The number of urea groups is 1. The van der Waals surface area contributed by atoms with E-state index in [1.54, 1.807) is 18.2 Å². The van der Waals surface area contributed by atoms with Crippen LogP contribution in [0.25, 0.3) is 10.8 Å². The molecule has 0 spiro atoms. The van der Waals surface area contributed by atoms with Gasteiger partial charge in [-0.2, -0.15) is 4.31 Å². The molecule has 1 heterocycles. The van der Waals surface area contributed by atoms with E-state index in [1.165, 1.54) is 33.5 Å². The van der Waals surface area contributed by atoms with Crippen LogP contribution in [0, 0.1) is 0 Å². The van der Waals surface area contributed by atoms with Gasteiger partial charge in [-0.15, -0.1) is 0 Å². The molecule has 8 nitrogen and oxygen atoms in total. The second kappa shape index (κ2) is 8.37. The Kier molecular flexibility index (Phi) is 5.62. The number of anilines is 1. The van der Waals surface area contributed by atoms with E-state index in [2.05, 4.69) is 5.32 Å². The maximum atomic E-state index is 13.0. The zero-order valence-corrected chi connectivity index (χ0v) is 17.4. The Hall–Kier alpha value is -3.43. The maximum absolute atomic E-state index is 13.0. The SMILES string of the molecule is O=C(O)c1ccc(NC(=O)N2CCN(S(=O)(=O)c3ccc4ccccc4c3)CC2)cc1. The first-order chi connectivity index (χ1) is 14.8. The Morgan fingerprint density at radius 1 is 0.839 bits per heavy atom. The molecule has 1 fully saturated rings. The lowest BCUT2D eigenvalue weighted by molar-refractivity contribution is 0.0697. The van der Waals surface area contributed by atoms with Crippen LogP contribution in [0.15, 0.2) is 71.6 Å². The van der Waals surface area contributed by atoms with E-state index in [9.17, 15) is 18.0 Å². The highest BCUT2D eigenvalue weighted by atomic mass is 32.2. The molecule has 0 radical (unpaired) electrons. The van der Waals surface area contributed by atoms with Gasteiger partial charge in [0.2, 0.25) is 10.0 Å². The molecule has 160 valence electrons. The lowest BCUT2D eigenvalue weighted by atomic mass is 10.1. The Morgan fingerprint density at radius 3 is 2.13 bits per heavy atom. The van der Waals surface area contributed by atoms with E-state index in [-0.39, 0.29) is 42.7 Å². The molecule has 0 atom stereocenters. The standard InChI is InChI=1S/C22H21N3O5S/c26-21(27)17-5-8-19(9-6-17)23-22(28)24-11-13-25(14-12-24)31(29,30)20-10-7-16-3-1-2-4-18(16)15-20/h1-10,15H,11-14H2,(H,23,28)(H,26,27). The Labute approximate surface area is 179 Å². The van der Waals surface area contributed by atoms with Crippen molar-refractivity contribution in [2.24, 2.45) is 0 Å². The van der Waals surface area contributed by atoms with Crippen molar-refractivity contribution in [1.82, 2.24) is 9.21 Å². The molecule has 0 aliphatic carbocycles. The van der Waals surface area contributed by atoms with Gasteiger partial charge in [-0.1, -0.05) is 30.3 Å². The number of carbonyl (C=O) groups excluding carboxylic acids is 1. The second-order valence-corrected chi connectivity index (χ2v) is 9.15. The number of nitrogens with zero attached hydrogens (tertiary/aromatic N) is 2. The van der Waals surface area contributed by atoms with Gasteiger partial charge < -0.3 is 15.3 Å². The van der Waals surface area contributed by atoms with Gasteiger partial charge in [0.15, 0.2) is 0 Å². The first-order valence-electron chi connectivity index (χ1n) is 9.73. The molecule has 0 aromatic heterocycles. The number of hydrogen-bond acceptors (Lipinski definition) is 4. The fourth-order valence-corrected chi connectivity index (χ4v) is 4.97. The van der Waals surface area contributed by atoms with Crippen LogP contribution < -0.4 is 5.32 Å². The van der Waals surface area contributed by atoms with Gasteiger partial charge in [-0.25, -0.2) is 18.0 Å². The molecule has 3 aromatic carbocycles.